The van der Waals surface area contributed by atoms with Crippen molar-refractivity contribution in [1.82, 2.24) is 10.2 Å². The number of nitrogens with two attached hydrogens (primary N) is 1. The molecule has 1 aromatic rings. The molecule has 0 aromatic heterocycles. The molecule has 1 aliphatic carbocycles. The molecule has 1 saturated carbocycles. The molecule has 0 spiro atoms. The van der Waals surface area contributed by atoms with Gasteiger partial charge in [-0.05, 0) is 32.3 Å². The fraction of sp³-hybridized carbons (Fsp3) is 0.667. The van der Waals surface area contributed by atoms with Crippen molar-refractivity contribution in [3.63, 3.8) is 0 Å². The summed E-state index contributed by atoms with van der Waals surface area (Å²) in [7, 11) is 0. The molecule has 1 amide bonds. The second-order valence-electron chi connectivity index (χ2n) is 8.13. The Kier molecular flexibility index (Phi) is 6.33. The first-order valence-corrected chi connectivity index (χ1v) is 9.92. The summed E-state index contributed by atoms with van der Waals surface area (Å²) in [6.07, 6.45) is 4.04. The minimum absolute atomic E-state index is 0.0842. The van der Waals surface area contributed by atoms with Crippen molar-refractivity contribution in [2.24, 2.45) is 11.7 Å². The second kappa shape index (κ2) is 8.51. The van der Waals surface area contributed by atoms with Crippen LogP contribution in [-0.2, 0) is 9.53 Å². The van der Waals surface area contributed by atoms with Gasteiger partial charge < -0.3 is 15.8 Å². The van der Waals surface area contributed by atoms with Crippen molar-refractivity contribution in [2.75, 3.05) is 32.8 Å². The number of hydrogen-bond acceptors (Lipinski definition) is 4. The molecule has 5 heteroatoms. The third-order valence-electron chi connectivity index (χ3n) is 5.95. The smallest absolute Gasteiger partial charge is 0.225 e. The van der Waals surface area contributed by atoms with Crippen LogP contribution in [0.1, 0.15) is 49.8 Å². The van der Waals surface area contributed by atoms with Gasteiger partial charge in [-0.2, -0.15) is 0 Å². The molecule has 0 radical (unpaired) electrons. The summed E-state index contributed by atoms with van der Waals surface area (Å²) in [5.74, 6) is 0.0275. The molecular weight excluding hydrogens is 326 g/mol. The number of nitrogens with zero attached hydrogens (tertiary/aromatic N) is 1. The summed E-state index contributed by atoms with van der Waals surface area (Å²) in [6, 6.07) is 8.76. The average molecular weight is 360 g/mol. The standard InChI is InChI=1S/C21H33N3O2/c1-16-6-5-7-17(14-16)19(24-10-12-26-13-11-24)15-23-20(25)18-8-3-4-9-21(18,2)22/h5-7,14,18-19H,3-4,8-13,15,22H2,1-2H3,(H,23,25). The molecule has 26 heavy (non-hydrogen) atoms. The van der Waals surface area contributed by atoms with E-state index in [0.717, 1.165) is 52.0 Å². The third-order valence-corrected chi connectivity index (χ3v) is 5.95. The van der Waals surface area contributed by atoms with Crippen molar-refractivity contribution in [2.45, 2.75) is 51.1 Å². The maximum absolute atomic E-state index is 12.9. The molecular formula is C21H33N3O2. The Labute approximate surface area is 157 Å². The Balaban J connectivity index is 1.70. The van der Waals surface area contributed by atoms with Gasteiger partial charge in [-0.3, -0.25) is 9.69 Å². The first-order valence-electron chi connectivity index (χ1n) is 9.92. The molecule has 3 rings (SSSR count). The number of carbonyl (C=O) groups excluding carboxylic acids is 1. The lowest BCUT2D eigenvalue weighted by Crippen LogP contribution is -2.54. The maximum Gasteiger partial charge on any atom is 0.225 e. The summed E-state index contributed by atoms with van der Waals surface area (Å²) in [6.45, 7) is 8.05. The number of nitrogens with one attached hydrogen (secondary N) is 1. The molecule has 1 aliphatic heterocycles. The fourth-order valence-corrected chi connectivity index (χ4v) is 4.33. The van der Waals surface area contributed by atoms with Gasteiger partial charge in [0, 0.05) is 25.2 Å². The number of ether oxygens (including phenoxy) is 1. The van der Waals surface area contributed by atoms with Crippen LogP contribution in [-0.4, -0.2) is 49.2 Å². The van der Waals surface area contributed by atoms with Crippen LogP contribution in [0.25, 0.3) is 0 Å². The van der Waals surface area contributed by atoms with Crippen molar-refractivity contribution < 1.29 is 9.53 Å². The van der Waals surface area contributed by atoms with Gasteiger partial charge >= 0.3 is 0 Å². The Bertz CT molecular complexity index is 611. The maximum atomic E-state index is 12.9. The number of hydrogen-bond donors (Lipinski definition) is 2. The predicted molar refractivity (Wildman–Crippen MR) is 104 cm³/mol. The largest absolute Gasteiger partial charge is 0.379 e. The molecule has 3 unspecified atom stereocenters. The van der Waals surface area contributed by atoms with Crippen LogP contribution in [0.3, 0.4) is 0 Å². The topological polar surface area (TPSA) is 67.6 Å². The van der Waals surface area contributed by atoms with E-state index in [1.807, 2.05) is 6.92 Å². The molecule has 2 fully saturated rings. The molecule has 3 N–H and O–H groups in total. The Morgan fingerprint density at radius 3 is 2.85 bits per heavy atom. The number of morpholine rings is 1. The number of rotatable bonds is 5. The van der Waals surface area contributed by atoms with Crippen LogP contribution in [0.2, 0.25) is 0 Å². The number of aryl methyl sites for hydroxylation is 1. The van der Waals surface area contributed by atoms with Crippen LogP contribution in [0.4, 0.5) is 0 Å². The summed E-state index contributed by atoms with van der Waals surface area (Å²) in [4.78, 5) is 15.3. The normalized spacial score (nSPS) is 28.5. The van der Waals surface area contributed by atoms with Crippen molar-refractivity contribution in [1.29, 1.82) is 0 Å². The van der Waals surface area contributed by atoms with Crippen LogP contribution >= 0.6 is 0 Å². The zero-order valence-electron chi connectivity index (χ0n) is 16.2. The molecule has 0 bridgehead atoms. The minimum Gasteiger partial charge on any atom is -0.379 e. The highest BCUT2D eigenvalue weighted by molar-refractivity contribution is 5.80. The second-order valence-corrected chi connectivity index (χ2v) is 8.13. The van der Waals surface area contributed by atoms with Gasteiger partial charge in [0.25, 0.3) is 0 Å². The van der Waals surface area contributed by atoms with Crippen molar-refractivity contribution in [3.05, 3.63) is 35.4 Å². The third kappa shape index (κ3) is 4.64. The van der Waals surface area contributed by atoms with E-state index in [0.29, 0.717) is 6.54 Å². The van der Waals surface area contributed by atoms with Gasteiger partial charge in [0.2, 0.25) is 5.91 Å². The lowest BCUT2D eigenvalue weighted by Gasteiger charge is -2.38. The van der Waals surface area contributed by atoms with Crippen molar-refractivity contribution >= 4 is 5.91 Å². The molecule has 1 saturated heterocycles. The molecule has 5 nitrogen and oxygen atoms in total. The van der Waals surface area contributed by atoms with Gasteiger partial charge in [-0.25, -0.2) is 0 Å². The van der Waals surface area contributed by atoms with E-state index in [2.05, 4.69) is 41.4 Å². The van der Waals surface area contributed by atoms with Crippen LogP contribution in [0.5, 0.6) is 0 Å². The first kappa shape index (κ1) is 19.3. The molecule has 3 atom stereocenters. The van der Waals surface area contributed by atoms with E-state index in [1.165, 1.54) is 11.1 Å². The zero-order valence-corrected chi connectivity index (χ0v) is 16.2. The number of amides is 1. The van der Waals surface area contributed by atoms with E-state index in [9.17, 15) is 4.79 Å². The fourth-order valence-electron chi connectivity index (χ4n) is 4.33. The SMILES string of the molecule is Cc1cccc(C(CNC(=O)C2CCCCC2(C)N)N2CCOCC2)c1. The minimum atomic E-state index is -0.389. The monoisotopic (exact) mass is 359 g/mol. The number of carbonyl (C=O) groups is 1. The van der Waals surface area contributed by atoms with Crippen LogP contribution < -0.4 is 11.1 Å². The lowest BCUT2D eigenvalue weighted by molar-refractivity contribution is -0.128. The Morgan fingerprint density at radius 2 is 2.15 bits per heavy atom. The van der Waals surface area contributed by atoms with E-state index >= 15 is 0 Å². The van der Waals surface area contributed by atoms with Crippen molar-refractivity contribution in [3.8, 4) is 0 Å². The van der Waals surface area contributed by atoms with E-state index in [4.69, 9.17) is 10.5 Å². The molecule has 2 aliphatic rings. The summed E-state index contributed by atoms with van der Waals surface area (Å²) in [5.41, 5.74) is 8.53. The summed E-state index contributed by atoms with van der Waals surface area (Å²) in [5, 5.41) is 3.22. The Hall–Kier alpha value is -1.43. The van der Waals surface area contributed by atoms with Gasteiger partial charge in [-0.15, -0.1) is 0 Å². The van der Waals surface area contributed by atoms with Gasteiger partial charge in [-0.1, -0.05) is 42.7 Å². The quantitative estimate of drug-likeness (QED) is 0.847. The van der Waals surface area contributed by atoms with Gasteiger partial charge in [0.05, 0.1) is 25.2 Å². The van der Waals surface area contributed by atoms with Gasteiger partial charge in [0.15, 0.2) is 0 Å². The summed E-state index contributed by atoms with van der Waals surface area (Å²) < 4.78 is 5.51. The van der Waals surface area contributed by atoms with Crippen LogP contribution in [0, 0.1) is 12.8 Å². The van der Waals surface area contributed by atoms with E-state index in [1.54, 1.807) is 0 Å². The lowest BCUT2D eigenvalue weighted by atomic mass is 9.74. The molecule has 1 aromatic carbocycles. The van der Waals surface area contributed by atoms with Crippen LogP contribution in [0.15, 0.2) is 24.3 Å². The zero-order chi connectivity index (χ0) is 18.6. The van der Waals surface area contributed by atoms with Gasteiger partial charge in [0.1, 0.15) is 0 Å². The molecule has 144 valence electrons. The number of benzene rings is 1. The highest BCUT2D eigenvalue weighted by Gasteiger charge is 2.38. The average Bonchev–Trinajstić information content (AvgIpc) is 2.62. The molecule has 1 heterocycles. The van der Waals surface area contributed by atoms with E-state index in [-0.39, 0.29) is 23.4 Å². The highest BCUT2D eigenvalue weighted by Crippen LogP contribution is 2.32. The predicted octanol–water partition coefficient (Wildman–Crippen LogP) is 2.39. The van der Waals surface area contributed by atoms with E-state index < -0.39 is 0 Å². The summed E-state index contributed by atoms with van der Waals surface area (Å²) >= 11 is 0. The Morgan fingerprint density at radius 1 is 1.38 bits per heavy atom. The first-order chi connectivity index (χ1) is 12.5. The highest BCUT2D eigenvalue weighted by atomic mass is 16.5.